The molecule has 1 amide bonds. The Kier molecular flexibility index (Phi) is 3.13. The molecule has 0 saturated carbocycles. The molecule has 7 heteroatoms. The molecular formula is C11H12N4O3. The molecule has 1 heterocycles. The van der Waals surface area contributed by atoms with Crippen LogP contribution in [0, 0.1) is 6.92 Å². The maximum absolute atomic E-state index is 11.9. The van der Waals surface area contributed by atoms with E-state index in [-0.39, 0.29) is 17.3 Å². The molecule has 0 aliphatic heterocycles. The van der Waals surface area contributed by atoms with Crippen LogP contribution in [0.25, 0.3) is 0 Å². The Morgan fingerprint density at radius 2 is 2.28 bits per heavy atom. The summed E-state index contributed by atoms with van der Waals surface area (Å²) in [4.78, 5) is 15.8. The highest BCUT2D eigenvalue weighted by molar-refractivity contribution is 6.07. The van der Waals surface area contributed by atoms with E-state index in [0.29, 0.717) is 11.6 Å². The first-order chi connectivity index (χ1) is 8.61. The molecule has 0 unspecified atom stereocenters. The number of aromatic nitrogens is 2. The Labute approximate surface area is 103 Å². The smallest absolute Gasteiger partial charge is 0.328 e. The third-order valence-corrected chi connectivity index (χ3v) is 2.28. The van der Waals surface area contributed by atoms with Crippen molar-refractivity contribution < 1.29 is 14.1 Å². The zero-order valence-corrected chi connectivity index (χ0v) is 9.93. The van der Waals surface area contributed by atoms with Crippen LogP contribution in [0.15, 0.2) is 22.7 Å². The van der Waals surface area contributed by atoms with E-state index in [4.69, 9.17) is 15.0 Å². The topological polar surface area (TPSA) is 103 Å². The summed E-state index contributed by atoms with van der Waals surface area (Å²) in [5, 5.41) is 6.02. The van der Waals surface area contributed by atoms with Crippen molar-refractivity contribution in [1.29, 1.82) is 0 Å². The van der Waals surface area contributed by atoms with Crippen molar-refractivity contribution in [1.82, 2.24) is 10.1 Å². The SMILES string of the molecule is COc1cccc(C(=O)Nc2nc(C)no2)c1N. The van der Waals surface area contributed by atoms with Crippen LogP contribution in [-0.2, 0) is 0 Å². The van der Waals surface area contributed by atoms with Gasteiger partial charge in [0, 0.05) is 0 Å². The number of nitrogens with one attached hydrogen (secondary N) is 1. The van der Waals surface area contributed by atoms with Gasteiger partial charge in [-0.3, -0.25) is 10.1 Å². The third-order valence-electron chi connectivity index (χ3n) is 2.28. The minimum atomic E-state index is -0.435. The van der Waals surface area contributed by atoms with Crippen molar-refractivity contribution in [2.24, 2.45) is 0 Å². The summed E-state index contributed by atoms with van der Waals surface area (Å²) in [6, 6.07) is 4.95. The maximum atomic E-state index is 11.9. The number of hydrogen-bond donors (Lipinski definition) is 2. The average Bonchev–Trinajstić information content (AvgIpc) is 2.75. The van der Waals surface area contributed by atoms with E-state index in [1.54, 1.807) is 25.1 Å². The molecule has 1 aromatic heterocycles. The minimum Gasteiger partial charge on any atom is -0.495 e. The van der Waals surface area contributed by atoms with Gasteiger partial charge in [0.05, 0.1) is 18.4 Å². The molecule has 3 N–H and O–H groups in total. The number of benzene rings is 1. The van der Waals surface area contributed by atoms with Crippen LogP contribution in [-0.4, -0.2) is 23.2 Å². The monoisotopic (exact) mass is 248 g/mol. The lowest BCUT2D eigenvalue weighted by Crippen LogP contribution is -2.14. The van der Waals surface area contributed by atoms with Gasteiger partial charge in [0.1, 0.15) is 5.75 Å². The lowest BCUT2D eigenvalue weighted by molar-refractivity contribution is 0.102. The van der Waals surface area contributed by atoms with Crippen LogP contribution >= 0.6 is 0 Å². The van der Waals surface area contributed by atoms with E-state index in [1.807, 2.05) is 0 Å². The summed E-state index contributed by atoms with van der Waals surface area (Å²) in [7, 11) is 1.48. The predicted octanol–water partition coefficient (Wildman–Crippen LogP) is 1.22. The lowest BCUT2D eigenvalue weighted by atomic mass is 10.1. The van der Waals surface area contributed by atoms with Gasteiger partial charge in [0.25, 0.3) is 5.91 Å². The number of amides is 1. The Bertz CT molecular complexity index is 579. The van der Waals surface area contributed by atoms with Gasteiger partial charge < -0.3 is 15.0 Å². The first kappa shape index (κ1) is 11.9. The molecule has 0 fully saturated rings. The van der Waals surface area contributed by atoms with Gasteiger partial charge >= 0.3 is 6.01 Å². The van der Waals surface area contributed by atoms with E-state index >= 15 is 0 Å². The summed E-state index contributed by atoms with van der Waals surface area (Å²) in [6.45, 7) is 1.65. The van der Waals surface area contributed by atoms with Gasteiger partial charge in [-0.15, -0.1) is 0 Å². The average molecular weight is 248 g/mol. The van der Waals surface area contributed by atoms with Gasteiger partial charge in [-0.25, -0.2) is 0 Å². The largest absolute Gasteiger partial charge is 0.495 e. The molecular weight excluding hydrogens is 236 g/mol. The molecule has 0 radical (unpaired) electrons. The Hall–Kier alpha value is -2.57. The molecule has 2 rings (SSSR count). The molecule has 7 nitrogen and oxygen atoms in total. The van der Waals surface area contributed by atoms with Gasteiger partial charge in [-0.05, 0) is 19.1 Å². The molecule has 1 aromatic carbocycles. The zero-order valence-electron chi connectivity index (χ0n) is 9.93. The highest BCUT2D eigenvalue weighted by Gasteiger charge is 2.15. The first-order valence-corrected chi connectivity index (χ1v) is 5.16. The molecule has 2 aromatic rings. The number of hydrogen-bond acceptors (Lipinski definition) is 6. The van der Waals surface area contributed by atoms with Crippen LogP contribution in [0.3, 0.4) is 0 Å². The number of ether oxygens (including phenoxy) is 1. The Balaban J connectivity index is 2.24. The number of carbonyl (C=O) groups is 1. The van der Waals surface area contributed by atoms with Crippen molar-refractivity contribution in [3.05, 3.63) is 29.6 Å². The molecule has 0 spiro atoms. The number of rotatable bonds is 3. The second kappa shape index (κ2) is 4.74. The van der Waals surface area contributed by atoms with E-state index in [0.717, 1.165) is 0 Å². The molecule has 0 aliphatic carbocycles. The highest BCUT2D eigenvalue weighted by Crippen LogP contribution is 2.25. The van der Waals surface area contributed by atoms with E-state index < -0.39 is 5.91 Å². The second-order valence-corrected chi connectivity index (χ2v) is 3.52. The Morgan fingerprint density at radius 1 is 1.50 bits per heavy atom. The summed E-state index contributed by atoms with van der Waals surface area (Å²) >= 11 is 0. The number of carbonyl (C=O) groups excluding carboxylic acids is 1. The predicted molar refractivity (Wildman–Crippen MR) is 64.4 cm³/mol. The van der Waals surface area contributed by atoms with Crippen LogP contribution in [0.4, 0.5) is 11.7 Å². The van der Waals surface area contributed by atoms with E-state index in [2.05, 4.69) is 15.5 Å². The van der Waals surface area contributed by atoms with Crippen LogP contribution in [0.5, 0.6) is 5.75 Å². The number of nitrogens with zero attached hydrogens (tertiary/aromatic N) is 2. The van der Waals surface area contributed by atoms with Crippen molar-refractivity contribution in [2.75, 3.05) is 18.2 Å². The van der Waals surface area contributed by atoms with Gasteiger partial charge in [0.15, 0.2) is 5.82 Å². The molecule has 18 heavy (non-hydrogen) atoms. The number of nitrogens with two attached hydrogens (primary N) is 1. The number of para-hydroxylation sites is 1. The molecule has 0 bridgehead atoms. The summed E-state index contributed by atoms with van der Waals surface area (Å²) in [5.74, 6) is 0.434. The molecule has 94 valence electrons. The van der Waals surface area contributed by atoms with Crippen LogP contribution < -0.4 is 15.8 Å². The number of nitrogen functional groups attached to an aromatic ring is 1. The Morgan fingerprint density at radius 3 is 2.89 bits per heavy atom. The summed E-state index contributed by atoms with van der Waals surface area (Å²) in [5.41, 5.74) is 6.34. The van der Waals surface area contributed by atoms with Crippen LogP contribution in [0.1, 0.15) is 16.2 Å². The fourth-order valence-corrected chi connectivity index (χ4v) is 1.43. The third kappa shape index (κ3) is 2.24. The van der Waals surface area contributed by atoms with Crippen molar-refractivity contribution in [3.8, 4) is 5.75 Å². The van der Waals surface area contributed by atoms with E-state index in [1.165, 1.54) is 7.11 Å². The van der Waals surface area contributed by atoms with Gasteiger partial charge in [-0.2, -0.15) is 4.98 Å². The number of aryl methyl sites for hydroxylation is 1. The maximum Gasteiger partial charge on any atom is 0.328 e. The fourth-order valence-electron chi connectivity index (χ4n) is 1.43. The van der Waals surface area contributed by atoms with Crippen molar-refractivity contribution >= 4 is 17.6 Å². The number of anilines is 2. The second-order valence-electron chi connectivity index (χ2n) is 3.52. The van der Waals surface area contributed by atoms with Crippen molar-refractivity contribution in [3.63, 3.8) is 0 Å². The quantitative estimate of drug-likeness (QED) is 0.791. The minimum absolute atomic E-state index is 0.0275. The molecule has 0 saturated heterocycles. The standard InChI is InChI=1S/C11H12N4O3/c1-6-13-11(18-15-6)14-10(16)7-4-3-5-8(17-2)9(7)12/h3-5H,12H2,1-2H3,(H,13,14,15,16). The summed E-state index contributed by atoms with van der Waals surface area (Å²) < 4.78 is 9.82. The van der Waals surface area contributed by atoms with Crippen LogP contribution in [0.2, 0.25) is 0 Å². The highest BCUT2D eigenvalue weighted by atomic mass is 16.5. The van der Waals surface area contributed by atoms with Crippen molar-refractivity contribution in [2.45, 2.75) is 6.92 Å². The molecule has 0 aliphatic rings. The van der Waals surface area contributed by atoms with E-state index in [9.17, 15) is 4.79 Å². The normalized spacial score (nSPS) is 10.1. The number of methoxy groups -OCH3 is 1. The lowest BCUT2D eigenvalue weighted by Gasteiger charge is -2.08. The zero-order chi connectivity index (χ0) is 13.1. The molecule has 0 atom stereocenters. The summed E-state index contributed by atoms with van der Waals surface area (Å²) in [6.07, 6.45) is 0. The fraction of sp³-hybridized carbons (Fsp3) is 0.182. The first-order valence-electron chi connectivity index (χ1n) is 5.16. The van der Waals surface area contributed by atoms with Gasteiger partial charge in [0.2, 0.25) is 0 Å². The van der Waals surface area contributed by atoms with Gasteiger partial charge in [-0.1, -0.05) is 11.2 Å².